The molecule has 7 heteroatoms. The van der Waals surface area contributed by atoms with Crippen LogP contribution in [0.1, 0.15) is 25.8 Å². The predicted octanol–water partition coefficient (Wildman–Crippen LogP) is 1.73. The fourth-order valence-corrected chi connectivity index (χ4v) is 3.45. The number of carbonyl (C=O) groups is 1. The Morgan fingerprint density at radius 1 is 1.04 bits per heavy atom. The van der Waals surface area contributed by atoms with Crippen molar-refractivity contribution in [3.8, 4) is 17.2 Å². The zero-order chi connectivity index (χ0) is 20.0. The van der Waals surface area contributed by atoms with Crippen molar-refractivity contribution < 1.29 is 19.0 Å². The first-order valence-corrected chi connectivity index (χ1v) is 9.45. The maximum Gasteiger partial charge on any atom is 0.239 e. The summed E-state index contributed by atoms with van der Waals surface area (Å²) in [4.78, 5) is 16.7. The summed E-state index contributed by atoms with van der Waals surface area (Å²) >= 11 is 0. The molecule has 1 heterocycles. The Balaban J connectivity index is 1.96. The highest BCUT2D eigenvalue weighted by Gasteiger charge is 2.26. The van der Waals surface area contributed by atoms with Gasteiger partial charge in [-0.3, -0.25) is 9.69 Å². The van der Waals surface area contributed by atoms with Crippen molar-refractivity contribution in [1.29, 1.82) is 0 Å². The topological polar surface area (TPSA) is 77.3 Å². The second-order valence-electron chi connectivity index (χ2n) is 7.37. The van der Waals surface area contributed by atoms with Crippen LogP contribution in [-0.4, -0.2) is 69.3 Å². The SMILES string of the molecule is COc1cc(CN2CCN(C(=O)[C@@H](N)CC(C)C)CC2)cc(OC)c1OC. The highest BCUT2D eigenvalue weighted by Crippen LogP contribution is 2.38. The first-order valence-electron chi connectivity index (χ1n) is 9.45. The lowest BCUT2D eigenvalue weighted by molar-refractivity contribution is -0.134. The highest BCUT2D eigenvalue weighted by atomic mass is 16.5. The van der Waals surface area contributed by atoms with Gasteiger partial charge in [-0.1, -0.05) is 13.8 Å². The maximum atomic E-state index is 12.5. The van der Waals surface area contributed by atoms with Crippen molar-refractivity contribution in [2.75, 3.05) is 47.5 Å². The minimum absolute atomic E-state index is 0.0659. The highest BCUT2D eigenvalue weighted by molar-refractivity contribution is 5.81. The largest absolute Gasteiger partial charge is 0.493 e. The van der Waals surface area contributed by atoms with Crippen LogP contribution in [0.4, 0.5) is 0 Å². The number of ether oxygens (including phenoxy) is 3. The number of methoxy groups -OCH3 is 3. The van der Waals surface area contributed by atoms with Gasteiger partial charge in [0, 0.05) is 32.7 Å². The van der Waals surface area contributed by atoms with Crippen LogP contribution in [0.15, 0.2) is 12.1 Å². The van der Waals surface area contributed by atoms with Gasteiger partial charge in [-0.05, 0) is 30.0 Å². The van der Waals surface area contributed by atoms with Crippen molar-refractivity contribution in [3.63, 3.8) is 0 Å². The van der Waals surface area contributed by atoms with Gasteiger partial charge >= 0.3 is 0 Å². The molecule has 1 aliphatic heterocycles. The van der Waals surface area contributed by atoms with Crippen molar-refractivity contribution in [2.24, 2.45) is 11.7 Å². The van der Waals surface area contributed by atoms with Gasteiger partial charge < -0.3 is 24.8 Å². The Morgan fingerprint density at radius 3 is 2.04 bits per heavy atom. The van der Waals surface area contributed by atoms with E-state index in [1.165, 1.54) is 0 Å². The molecule has 1 fully saturated rings. The van der Waals surface area contributed by atoms with E-state index in [1.807, 2.05) is 17.0 Å². The van der Waals surface area contributed by atoms with Crippen LogP contribution in [0.2, 0.25) is 0 Å². The van der Waals surface area contributed by atoms with Crippen molar-refractivity contribution in [2.45, 2.75) is 32.9 Å². The molecule has 0 spiro atoms. The van der Waals surface area contributed by atoms with E-state index in [2.05, 4.69) is 18.7 Å². The number of rotatable bonds is 8. The summed E-state index contributed by atoms with van der Waals surface area (Å²) in [5.41, 5.74) is 7.14. The van der Waals surface area contributed by atoms with Crippen molar-refractivity contribution in [1.82, 2.24) is 9.80 Å². The molecular formula is C20H33N3O4. The van der Waals surface area contributed by atoms with Crippen LogP contribution >= 0.6 is 0 Å². The second kappa shape index (κ2) is 9.80. The van der Waals surface area contributed by atoms with Gasteiger partial charge in [-0.15, -0.1) is 0 Å². The number of amides is 1. The van der Waals surface area contributed by atoms with Gasteiger partial charge in [0.2, 0.25) is 11.7 Å². The number of benzene rings is 1. The molecule has 1 aromatic carbocycles. The minimum Gasteiger partial charge on any atom is -0.493 e. The first-order chi connectivity index (χ1) is 12.9. The fraction of sp³-hybridized carbons (Fsp3) is 0.650. The second-order valence-corrected chi connectivity index (χ2v) is 7.37. The molecule has 0 saturated carbocycles. The van der Waals surface area contributed by atoms with Gasteiger partial charge in [0.1, 0.15) is 0 Å². The zero-order valence-corrected chi connectivity index (χ0v) is 17.2. The summed E-state index contributed by atoms with van der Waals surface area (Å²) < 4.78 is 16.2. The molecule has 0 aliphatic carbocycles. The first kappa shape index (κ1) is 21.3. The number of nitrogens with two attached hydrogens (primary N) is 1. The lowest BCUT2D eigenvalue weighted by Gasteiger charge is -2.36. The summed E-state index contributed by atoms with van der Waals surface area (Å²) in [5, 5.41) is 0. The van der Waals surface area contributed by atoms with E-state index in [-0.39, 0.29) is 5.91 Å². The van der Waals surface area contributed by atoms with E-state index < -0.39 is 6.04 Å². The van der Waals surface area contributed by atoms with Crippen LogP contribution in [0.25, 0.3) is 0 Å². The van der Waals surface area contributed by atoms with Crippen molar-refractivity contribution >= 4 is 5.91 Å². The third kappa shape index (κ3) is 5.49. The molecule has 1 amide bonds. The van der Waals surface area contributed by atoms with Crippen molar-refractivity contribution in [3.05, 3.63) is 17.7 Å². The molecule has 27 heavy (non-hydrogen) atoms. The van der Waals surface area contributed by atoms with E-state index in [4.69, 9.17) is 19.9 Å². The summed E-state index contributed by atoms with van der Waals surface area (Å²) in [7, 11) is 4.83. The normalized spacial score (nSPS) is 16.3. The third-order valence-corrected chi connectivity index (χ3v) is 4.86. The molecule has 152 valence electrons. The Bertz CT molecular complexity index is 603. The third-order valence-electron chi connectivity index (χ3n) is 4.86. The summed E-state index contributed by atoms with van der Waals surface area (Å²) in [6.45, 7) is 7.97. The minimum atomic E-state index is -0.397. The van der Waals surface area contributed by atoms with Gasteiger partial charge in [0.15, 0.2) is 11.5 Å². The zero-order valence-electron chi connectivity index (χ0n) is 17.2. The van der Waals surface area contributed by atoms with E-state index >= 15 is 0 Å². The average molecular weight is 380 g/mol. The molecule has 2 N–H and O–H groups in total. The smallest absolute Gasteiger partial charge is 0.239 e. The number of hydrogen-bond donors (Lipinski definition) is 1. The maximum absolute atomic E-state index is 12.5. The van der Waals surface area contributed by atoms with Gasteiger partial charge in [0.25, 0.3) is 0 Å². The molecule has 0 unspecified atom stereocenters. The standard InChI is InChI=1S/C20H33N3O4/c1-14(2)10-16(21)20(24)23-8-6-22(7-9-23)13-15-11-17(25-3)19(27-5)18(12-15)26-4/h11-12,14,16H,6-10,13,21H2,1-5H3/t16-/m0/s1. The summed E-state index contributed by atoms with van der Waals surface area (Å²) in [6.07, 6.45) is 0.727. The van der Waals surface area contributed by atoms with Crippen LogP contribution in [0.3, 0.4) is 0 Å². The number of nitrogens with zero attached hydrogens (tertiary/aromatic N) is 2. The van der Waals surface area contributed by atoms with Crippen LogP contribution in [0, 0.1) is 5.92 Å². The van der Waals surface area contributed by atoms with E-state index in [0.29, 0.717) is 36.3 Å². The summed E-state index contributed by atoms with van der Waals surface area (Å²) in [6, 6.07) is 3.54. The molecule has 1 aliphatic rings. The quantitative estimate of drug-likeness (QED) is 0.741. The number of hydrogen-bond acceptors (Lipinski definition) is 6. The molecule has 1 saturated heterocycles. The molecule has 1 aromatic rings. The number of piperazine rings is 1. The van der Waals surface area contributed by atoms with Crippen LogP contribution < -0.4 is 19.9 Å². The van der Waals surface area contributed by atoms with E-state index in [1.54, 1.807) is 21.3 Å². The Morgan fingerprint density at radius 2 is 1.59 bits per heavy atom. The Labute approximate surface area is 162 Å². The molecule has 1 atom stereocenters. The molecule has 7 nitrogen and oxygen atoms in total. The lowest BCUT2D eigenvalue weighted by atomic mass is 10.0. The van der Waals surface area contributed by atoms with Gasteiger partial charge in [0.05, 0.1) is 27.4 Å². The van der Waals surface area contributed by atoms with E-state index in [9.17, 15) is 4.79 Å². The molecule has 0 bridgehead atoms. The summed E-state index contributed by atoms with van der Waals surface area (Å²) in [5.74, 6) is 2.39. The molecule has 0 radical (unpaired) electrons. The van der Waals surface area contributed by atoms with E-state index in [0.717, 1.165) is 31.6 Å². The Hall–Kier alpha value is -1.99. The predicted molar refractivity (Wildman–Crippen MR) is 105 cm³/mol. The van der Waals surface area contributed by atoms with Crippen LogP contribution in [-0.2, 0) is 11.3 Å². The average Bonchev–Trinajstić information content (AvgIpc) is 2.66. The van der Waals surface area contributed by atoms with Gasteiger partial charge in [-0.2, -0.15) is 0 Å². The Kier molecular flexibility index (Phi) is 7.74. The molecule has 0 aromatic heterocycles. The molecular weight excluding hydrogens is 346 g/mol. The lowest BCUT2D eigenvalue weighted by Crippen LogP contribution is -2.53. The van der Waals surface area contributed by atoms with Crippen LogP contribution in [0.5, 0.6) is 17.2 Å². The number of carbonyl (C=O) groups excluding carboxylic acids is 1. The fourth-order valence-electron chi connectivity index (χ4n) is 3.45. The van der Waals surface area contributed by atoms with Gasteiger partial charge in [-0.25, -0.2) is 0 Å². The monoisotopic (exact) mass is 379 g/mol. The molecule has 2 rings (SSSR count).